The lowest BCUT2D eigenvalue weighted by atomic mass is 10.0. The Morgan fingerprint density at radius 2 is 2.41 bits per heavy atom. The summed E-state index contributed by atoms with van der Waals surface area (Å²) in [4.78, 5) is 0. The van der Waals surface area contributed by atoms with Crippen LogP contribution >= 0.6 is 0 Å². The van der Waals surface area contributed by atoms with Gasteiger partial charge in [-0.15, -0.1) is 0 Å². The monoisotopic (exact) mass is 230 g/mol. The van der Waals surface area contributed by atoms with Crippen LogP contribution in [0.5, 0.6) is 0 Å². The second kappa shape index (κ2) is 5.10. The number of rotatable bonds is 0. The highest BCUT2D eigenvalue weighted by molar-refractivity contribution is 5.35. The van der Waals surface area contributed by atoms with Crippen LogP contribution in [0.2, 0.25) is 0 Å². The molecule has 2 aliphatic rings. The Morgan fingerprint density at radius 1 is 1.53 bits per heavy atom. The lowest BCUT2D eigenvalue weighted by molar-refractivity contribution is -0.214. The van der Waals surface area contributed by atoms with Crippen molar-refractivity contribution in [2.45, 2.75) is 31.7 Å². The van der Waals surface area contributed by atoms with Crippen molar-refractivity contribution in [1.29, 1.82) is 0 Å². The summed E-state index contributed by atoms with van der Waals surface area (Å²) in [5.74, 6) is 10.8. The first kappa shape index (κ1) is 11.8. The Bertz CT molecular complexity index is 457. The van der Waals surface area contributed by atoms with E-state index in [1.165, 1.54) is 0 Å². The first-order valence-electron chi connectivity index (χ1n) is 5.57. The summed E-state index contributed by atoms with van der Waals surface area (Å²) in [6, 6.07) is 0. The highest BCUT2D eigenvalue weighted by Crippen LogP contribution is 2.34. The molecule has 3 nitrogen and oxygen atoms in total. The van der Waals surface area contributed by atoms with Gasteiger partial charge in [0.05, 0.1) is 12.7 Å². The van der Waals surface area contributed by atoms with Crippen LogP contribution in [0.3, 0.4) is 0 Å². The fourth-order valence-corrected chi connectivity index (χ4v) is 1.73. The van der Waals surface area contributed by atoms with Crippen molar-refractivity contribution in [1.82, 2.24) is 0 Å². The highest BCUT2D eigenvalue weighted by Gasteiger charge is 2.39. The molecule has 0 radical (unpaired) electrons. The number of allylic oxidation sites excluding steroid dienone is 2. The van der Waals surface area contributed by atoms with E-state index in [-0.39, 0.29) is 6.10 Å². The zero-order valence-corrected chi connectivity index (χ0v) is 9.69. The van der Waals surface area contributed by atoms with Crippen LogP contribution in [-0.2, 0) is 9.47 Å². The summed E-state index contributed by atoms with van der Waals surface area (Å²) in [6.45, 7) is 2.05. The number of ether oxygens (including phenoxy) is 2. The fraction of sp³-hybridized carbons (Fsp3) is 0.429. The van der Waals surface area contributed by atoms with E-state index < -0.39 is 5.79 Å². The van der Waals surface area contributed by atoms with E-state index >= 15 is 0 Å². The van der Waals surface area contributed by atoms with E-state index in [0.29, 0.717) is 25.2 Å². The Labute approximate surface area is 101 Å². The summed E-state index contributed by atoms with van der Waals surface area (Å²) in [5.41, 5.74) is 0. The molecule has 2 heterocycles. The van der Waals surface area contributed by atoms with Gasteiger partial charge in [-0.1, -0.05) is 11.8 Å². The Kier molecular flexibility index (Phi) is 3.54. The predicted molar refractivity (Wildman–Crippen MR) is 63.5 cm³/mol. The molecule has 2 aliphatic heterocycles. The molecule has 0 aromatic rings. The van der Waals surface area contributed by atoms with Gasteiger partial charge in [0.2, 0.25) is 5.79 Å². The average Bonchev–Trinajstić information content (AvgIpc) is 2.73. The molecule has 0 unspecified atom stereocenters. The SMILES string of the molecule is CC#CC#CC=C1C=C[C@@]2(CC[C@@H](O)CO2)O1. The molecule has 0 bridgehead atoms. The Hall–Kier alpha value is -1.68. The predicted octanol–water partition coefficient (Wildman–Crippen LogP) is 1.35. The van der Waals surface area contributed by atoms with Crippen molar-refractivity contribution in [3.8, 4) is 23.7 Å². The molecule has 17 heavy (non-hydrogen) atoms. The molecule has 2 rings (SSSR count). The third-order valence-corrected chi connectivity index (χ3v) is 2.61. The minimum atomic E-state index is -0.691. The second-order valence-corrected chi connectivity index (χ2v) is 3.94. The fourth-order valence-electron chi connectivity index (χ4n) is 1.73. The van der Waals surface area contributed by atoms with Gasteiger partial charge >= 0.3 is 0 Å². The van der Waals surface area contributed by atoms with E-state index in [4.69, 9.17) is 9.47 Å². The third kappa shape index (κ3) is 2.91. The van der Waals surface area contributed by atoms with Crippen LogP contribution in [0.1, 0.15) is 19.8 Å². The molecule has 1 fully saturated rings. The Balaban J connectivity index is 1.98. The summed E-state index contributed by atoms with van der Waals surface area (Å²) in [5, 5.41) is 9.36. The summed E-state index contributed by atoms with van der Waals surface area (Å²) >= 11 is 0. The number of hydrogen-bond acceptors (Lipinski definition) is 3. The van der Waals surface area contributed by atoms with Gasteiger partial charge < -0.3 is 14.6 Å². The average molecular weight is 230 g/mol. The molecule has 1 spiro atoms. The van der Waals surface area contributed by atoms with E-state index in [1.54, 1.807) is 13.0 Å². The molecule has 0 saturated carbocycles. The molecule has 1 saturated heterocycles. The van der Waals surface area contributed by atoms with Crippen molar-refractivity contribution in [3.63, 3.8) is 0 Å². The molecular weight excluding hydrogens is 216 g/mol. The van der Waals surface area contributed by atoms with Gasteiger partial charge in [0.1, 0.15) is 5.76 Å². The van der Waals surface area contributed by atoms with E-state index in [2.05, 4.69) is 23.7 Å². The van der Waals surface area contributed by atoms with Crippen LogP contribution < -0.4 is 0 Å². The van der Waals surface area contributed by atoms with Gasteiger partial charge in [-0.25, -0.2) is 0 Å². The third-order valence-electron chi connectivity index (χ3n) is 2.61. The van der Waals surface area contributed by atoms with Crippen LogP contribution in [0.25, 0.3) is 0 Å². The first-order chi connectivity index (χ1) is 8.24. The van der Waals surface area contributed by atoms with Crippen molar-refractivity contribution in [3.05, 3.63) is 24.0 Å². The minimum absolute atomic E-state index is 0.310. The normalized spacial score (nSPS) is 32.6. The number of aliphatic hydroxyl groups excluding tert-OH is 1. The molecular formula is C14H14O3. The van der Waals surface area contributed by atoms with Gasteiger partial charge in [0.25, 0.3) is 0 Å². The molecule has 1 N–H and O–H groups in total. The molecule has 0 aromatic carbocycles. The van der Waals surface area contributed by atoms with Gasteiger partial charge in [-0.2, -0.15) is 0 Å². The zero-order valence-electron chi connectivity index (χ0n) is 9.69. The Morgan fingerprint density at radius 3 is 3.12 bits per heavy atom. The van der Waals surface area contributed by atoms with Gasteiger partial charge in [0, 0.05) is 12.5 Å². The summed E-state index contributed by atoms with van der Waals surface area (Å²) in [7, 11) is 0. The van der Waals surface area contributed by atoms with Gasteiger partial charge in [-0.3, -0.25) is 0 Å². The van der Waals surface area contributed by atoms with Crippen molar-refractivity contribution >= 4 is 0 Å². The lowest BCUT2D eigenvalue weighted by Crippen LogP contribution is -2.39. The maximum atomic E-state index is 9.36. The van der Waals surface area contributed by atoms with Gasteiger partial charge in [0.15, 0.2) is 0 Å². The maximum Gasteiger partial charge on any atom is 0.231 e. The van der Waals surface area contributed by atoms with Gasteiger partial charge in [-0.05, 0) is 37.3 Å². The van der Waals surface area contributed by atoms with E-state index in [1.807, 2.05) is 12.2 Å². The maximum absolute atomic E-state index is 9.36. The van der Waals surface area contributed by atoms with E-state index in [0.717, 1.165) is 0 Å². The summed E-state index contributed by atoms with van der Waals surface area (Å²) in [6.07, 6.45) is 6.34. The zero-order chi connectivity index (χ0) is 12.1. The molecule has 0 aromatic heterocycles. The van der Waals surface area contributed by atoms with E-state index in [9.17, 15) is 5.11 Å². The van der Waals surface area contributed by atoms with Crippen molar-refractivity contribution in [2.24, 2.45) is 0 Å². The van der Waals surface area contributed by atoms with Crippen molar-refractivity contribution < 1.29 is 14.6 Å². The molecule has 0 amide bonds. The van der Waals surface area contributed by atoms with Crippen LogP contribution in [-0.4, -0.2) is 23.6 Å². The molecule has 2 atom stereocenters. The molecule has 3 heteroatoms. The van der Waals surface area contributed by atoms with Crippen molar-refractivity contribution in [2.75, 3.05) is 6.61 Å². The quantitative estimate of drug-likeness (QED) is 0.638. The number of hydrogen-bond donors (Lipinski definition) is 1. The van der Waals surface area contributed by atoms with Crippen LogP contribution in [0, 0.1) is 23.7 Å². The molecule has 0 aliphatic carbocycles. The minimum Gasteiger partial charge on any atom is -0.458 e. The smallest absolute Gasteiger partial charge is 0.231 e. The first-order valence-corrected chi connectivity index (χ1v) is 5.57. The summed E-state index contributed by atoms with van der Waals surface area (Å²) < 4.78 is 11.2. The standard InChI is InChI=1S/C14H14O3/c1-2-3-4-5-6-13-8-10-14(17-13)9-7-12(15)11-16-14/h6,8,10,12,15H,7,9,11H2,1H3/t12-,14-/m1/s1. The highest BCUT2D eigenvalue weighted by atomic mass is 16.7. The van der Waals surface area contributed by atoms with Crippen LogP contribution in [0.15, 0.2) is 24.0 Å². The molecule has 88 valence electrons. The largest absolute Gasteiger partial charge is 0.458 e. The lowest BCUT2D eigenvalue weighted by Gasteiger charge is -2.33. The van der Waals surface area contributed by atoms with Crippen LogP contribution in [0.4, 0.5) is 0 Å². The topological polar surface area (TPSA) is 38.7 Å². The second-order valence-electron chi connectivity index (χ2n) is 3.94. The number of aliphatic hydroxyl groups is 1.